The van der Waals surface area contributed by atoms with Crippen LogP contribution in [0.2, 0.25) is 5.02 Å². The fourth-order valence-electron chi connectivity index (χ4n) is 2.29. The molecule has 1 aromatic rings. The van der Waals surface area contributed by atoms with Gasteiger partial charge in [-0.25, -0.2) is 4.98 Å². The van der Waals surface area contributed by atoms with Crippen molar-refractivity contribution >= 4 is 33.3 Å². The van der Waals surface area contributed by atoms with Crippen molar-refractivity contribution in [2.75, 3.05) is 24.5 Å². The van der Waals surface area contributed by atoms with E-state index in [1.54, 1.807) is 6.20 Å². The van der Waals surface area contributed by atoms with Crippen molar-refractivity contribution in [2.45, 2.75) is 13.3 Å². The monoisotopic (exact) mass is 317 g/mol. The second-order valence-corrected chi connectivity index (χ2v) is 5.99. The summed E-state index contributed by atoms with van der Waals surface area (Å²) in [6.45, 7) is 4.95. The third kappa shape index (κ3) is 2.92. The van der Waals surface area contributed by atoms with Crippen LogP contribution in [0.5, 0.6) is 0 Å². The zero-order valence-electron chi connectivity index (χ0n) is 9.87. The van der Waals surface area contributed by atoms with E-state index in [0.717, 1.165) is 36.3 Å². The average Bonchev–Trinajstić information content (AvgIpc) is 2.30. The maximum absolute atomic E-state index is 6.22. The van der Waals surface area contributed by atoms with Crippen molar-refractivity contribution in [2.24, 2.45) is 17.6 Å². The minimum absolute atomic E-state index is 0.533. The summed E-state index contributed by atoms with van der Waals surface area (Å²) in [6, 6.07) is 1.89. The summed E-state index contributed by atoms with van der Waals surface area (Å²) in [7, 11) is 0. The highest BCUT2D eigenvalue weighted by Crippen LogP contribution is 2.31. The van der Waals surface area contributed by atoms with Crippen LogP contribution in [0, 0.1) is 11.8 Å². The average molecular weight is 319 g/mol. The van der Waals surface area contributed by atoms with Gasteiger partial charge in [-0.2, -0.15) is 0 Å². The predicted molar refractivity (Wildman–Crippen MR) is 75.5 cm³/mol. The number of piperidine rings is 1. The minimum atomic E-state index is 0.533. The van der Waals surface area contributed by atoms with Gasteiger partial charge in [0.2, 0.25) is 0 Å². The molecule has 2 atom stereocenters. The van der Waals surface area contributed by atoms with Gasteiger partial charge < -0.3 is 10.6 Å². The molecule has 2 rings (SSSR count). The molecule has 17 heavy (non-hydrogen) atoms. The number of nitrogens with two attached hydrogens (primary N) is 1. The second kappa shape index (κ2) is 5.55. The van der Waals surface area contributed by atoms with E-state index in [0.29, 0.717) is 16.9 Å². The first kappa shape index (κ1) is 13.1. The van der Waals surface area contributed by atoms with Crippen molar-refractivity contribution < 1.29 is 0 Å². The fraction of sp³-hybridized carbons (Fsp3) is 0.583. The van der Waals surface area contributed by atoms with E-state index in [1.807, 2.05) is 6.07 Å². The van der Waals surface area contributed by atoms with E-state index in [-0.39, 0.29) is 0 Å². The lowest BCUT2D eigenvalue weighted by Crippen LogP contribution is -2.43. The number of aromatic nitrogens is 1. The topological polar surface area (TPSA) is 42.2 Å². The summed E-state index contributed by atoms with van der Waals surface area (Å²) in [5.41, 5.74) is 5.81. The summed E-state index contributed by atoms with van der Waals surface area (Å²) >= 11 is 9.59. The summed E-state index contributed by atoms with van der Waals surface area (Å²) in [5.74, 6) is 2.09. The lowest BCUT2D eigenvalue weighted by atomic mass is 9.87. The molecule has 1 aliphatic heterocycles. The van der Waals surface area contributed by atoms with E-state index in [9.17, 15) is 0 Å². The lowest BCUT2D eigenvalue weighted by molar-refractivity contribution is 0.307. The summed E-state index contributed by atoms with van der Waals surface area (Å²) in [6.07, 6.45) is 2.94. The Balaban J connectivity index is 2.17. The summed E-state index contributed by atoms with van der Waals surface area (Å²) in [4.78, 5) is 6.64. The fourth-order valence-corrected chi connectivity index (χ4v) is 3.04. The molecule has 3 nitrogen and oxygen atoms in total. The number of hydrogen-bond donors (Lipinski definition) is 1. The minimum Gasteiger partial charge on any atom is -0.355 e. The SMILES string of the molecule is CC1CCN(c2ncc(Br)cc2Cl)CC1CN. The molecule has 2 N–H and O–H groups in total. The Morgan fingerprint density at radius 2 is 2.41 bits per heavy atom. The molecule has 0 bridgehead atoms. The molecule has 2 heterocycles. The molecule has 1 aliphatic rings. The molecule has 1 aromatic heterocycles. The highest BCUT2D eigenvalue weighted by molar-refractivity contribution is 9.10. The van der Waals surface area contributed by atoms with Gasteiger partial charge in [-0.15, -0.1) is 0 Å². The smallest absolute Gasteiger partial charge is 0.147 e. The number of anilines is 1. The normalized spacial score (nSPS) is 25.1. The number of nitrogens with zero attached hydrogens (tertiary/aromatic N) is 2. The zero-order chi connectivity index (χ0) is 12.4. The molecule has 5 heteroatoms. The molecule has 1 saturated heterocycles. The van der Waals surface area contributed by atoms with Crippen LogP contribution in [-0.2, 0) is 0 Å². The van der Waals surface area contributed by atoms with Gasteiger partial charge in [0, 0.05) is 23.8 Å². The quantitative estimate of drug-likeness (QED) is 0.911. The van der Waals surface area contributed by atoms with E-state index in [1.165, 1.54) is 0 Å². The third-order valence-electron chi connectivity index (χ3n) is 3.50. The molecule has 0 saturated carbocycles. The molecule has 2 unspecified atom stereocenters. The zero-order valence-corrected chi connectivity index (χ0v) is 12.2. The van der Waals surface area contributed by atoms with Gasteiger partial charge in [0.05, 0.1) is 5.02 Å². The molecule has 0 aliphatic carbocycles. The van der Waals surface area contributed by atoms with Gasteiger partial charge in [-0.3, -0.25) is 0 Å². The first-order valence-electron chi connectivity index (χ1n) is 5.88. The number of pyridine rings is 1. The Labute approximate surface area is 115 Å². The Kier molecular flexibility index (Phi) is 4.28. The van der Waals surface area contributed by atoms with E-state index >= 15 is 0 Å². The van der Waals surface area contributed by atoms with Crippen molar-refractivity contribution in [3.63, 3.8) is 0 Å². The van der Waals surface area contributed by atoms with Gasteiger partial charge in [0.15, 0.2) is 0 Å². The number of hydrogen-bond acceptors (Lipinski definition) is 3. The van der Waals surface area contributed by atoms with E-state index < -0.39 is 0 Å². The Hall–Kier alpha value is -0.320. The van der Waals surface area contributed by atoms with Gasteiger partial charge in [-0.1, -0.05) is 18.5 Å². The highest BCUT2D eigenvalue weighted by atomic mass is 79.9. The molecule has 1 fully saturated rings. The molecule has 0 amide bonds. The van der Waals surface area contributed by atoms with Gasteiger partial charge >= 0.3 is 0 Å². The summed E-state index contributed by atoms with van der Waals surface area (Å²) < 4.78 is 0.909. The molecule has 94 valence electrons. The van der Waals surface area contributed by atoms with Gasteiger partial charge in [-0.05, 0) is 46.8 Å². The van der Waals surface area contributed by atoms with Crippen molar-refractivity contribution in [1.29, 1.82) is 0 Å². The van der Waals surface area contributed by atoms with Crippen LogP contribution in [-0.4, -0.2) is 24.6 Å². The predicted octanol–water partition coefficient (Wildman–Crippen LogP) is 2.92. The summed E-state index contributed by atoms with van der Waals surface area (Å²) in [5, 5.41) is 0.699. The van der Waals surface area contributed by atoms with Gasteiger partial charge in [0.1, 0.15) is 5.82 Å². The van der Waals surface area contributed by atoms with Crippen LogP contribution < -0.4 is 10.6 Å². The Morgan fingerprint density at radius 3 is 3.06 bits per heavy atom. The number of halogens is 2. The molecule has 0 spiro atoms. The van der Waals surface area contributed by atoms with Crippen LogP contribution in [0.25, 0.3) is 0 Å². The standard InChI is InChI=1S/C12H17BrClN3/c1-8-2-3-17(7-9(8)5-15)12-11(14)4-10(13)6-16-12/h4,6,8-9H,2-3,5,7,15H2,1H3. The largest absolute Gasteiger partial charge is 0.355 e. The van der Waals surface area contributed by atoms with Crippen molar-refractivity contribution in [1.82, 2.24) is 4.98 Å². The molecule has 0 radical (unpaired) electrons. The van der Waals surface area contributed by atoms with Crippen LogP contribution in [0.15, 0.2) is 16.7 Å². The van der Waals surface area contributed by atoms with Crippen LogP contribution in [0.4, 0.5) is 5.82 Å². The maximum atomic E-state index is 6.22. The Bertz CT molecular complexity index is 399. The molecular formula is C12H17BrClN3. The van der Waals surface area contributed by atoms with Crippen LogP contribution >= 0.6 is 27.5 Å². The number of rotatable bonds is 2. The van der Waals surface area contributed by atoms with Gasteiger partial charge in [0.25, 0.3) is 0 Å². The first-order valence-corrected chi connectivity index (χ1v) is 7.05. The third-order valence-corrected chi connectivity index (χ3v) is 4.22. The van der Waals surface area contributed by atoms with Crippen LogP contribution in [0.1, 0.15) is 13.3 Å². The van der Waals surface area contributed by atoms with E-state index in [4.69, 9.17) is 17.3 Å². The molecule has 0 aromatic carbocycles. The lowest BCUT2D eigenvalue weighted by Gasteiger charge is -2.37. The van der Waals surface area contributed by atoms with E-state index in [2.05, 4.69) is 32.7 Å². The van der Waals surface area contributed by atoms with Crippen LogP contribution in [0.3, 0.4) is 0 Å². The molecular weight excluding hydrogens is 302 g/mol. The first-order chi connectivity index (χ1) is 8.11. The maximum Gasteiger partial charge on any atom is 0.147 e. The Morgan fingerprint density at radius 1 is 1.65 bits per heavy atom. The second-order valence-electron chi connectivity index (χ2n) is 4.67. The van der Waals surface area contributed by atoms with Crippen molar-refractivity contribution in [3.05, 3.63) is 21.8 Å². The van der Waals surface area contributed by atoms with Crippen molar-refractivity contribution in [3.8, 4) is 0 Å². The highest BCUT2D eigenvalue weighted by Gasteiger charge is 2.26.